The van der Waals surface area contributed by atoms with E-state index in [9.17, 15) is 4.79 Å². The van der Waals surface area contributed by atoms with Gasteiger partial charge in [-0.15, -0.1) is 0 Å². The number of nitrogens with one attached hydrogen (secondary N) is 1. The average Bonchev–Trinajstić information content (AvgIpc) is 3.27. The maximum absolute atomic E-state index is 13.9. The normalized spacial score (nSPS) is 22.9. The molecule has 2 aromatic heterocycles. The molecule has 5 rings (SSSR count). The second-order valence-corrected chi connectivity index (χ2v) is 9.90. The fraction of sp³-hybridized carbons (Fsp3) is 0.444. The number of anilines is 1. The highest BCUT2D eigenvalue weighted by Crippen LogP contribution is 2.35. The van der Waals surface area contributed by atoms with E-state index in [-0.39, 0.29) is 23.8 Å². The van der Waals surface area contributed by atoms with Crippen molar-refractivity contribution in [1.29, 1.82) is 0 Å². The molecule has 7 heteroatoms. The van der Waals surface area contributed by atoms with Crippen molar-refractivity contribution >= 4 is 11.9 Å². The molecule has 0 unspecified atom stereocenters. The molecule has 0 saturated carbocycles. The smallest absolute Gasteiger partial charge is 0.227 e. The summed E-state index contributed by atoms with van der Waals surface area (Å²) in [6, 6.07) is 12.7. The van der Waals surface area contributed by atoms with Gasteiger partial charge >= 0.3 is 0 Å². The monoisotopic (exact) mass is 458 g/mol. The Kier molecular flexibility index (Phi) is 6.37. The van der Waals surface area contributed by atoms with Crippen molar-refractivity contribution in [3.8, 4) is 0 Å². The molecule has 7 nitrogen and oxygen atoms in total. The van der Waals surface area contributed by atoms with Crippen LogP contribution in [0.4, 0.5) is 5.95 Å². The number of hydrogen-bond donors (Lipinski definition) is 1. The number of nitrogens with zero attached hydrogens (tertiary/aromatic N) is 5. The van der Waals surface area contributed by atoms with Crippen molar-refractivity contribution in [3.05, 3.63) is 77.4 Å². The molecule has 2 aliphatic rings. The molecule has 1 amide bonds. The zero-order chi connectivity index (χ0) is 23.7. The van der Waals surface area contributed by atoms with Gasteiger partial charge in [0.1, 0.15) is 0 Å². The third kappa shape index (κ3) is 4.71. The molecule has 1 fully saturated rings. The summed E-state index contributed by atoms with van der Waals surface area (Å²) in [4.78, 5) is 27.6. The number of amides is 1. The molecule has 0 aliphatic carbocycles. The predicted molar refractivity (Wildman–Crippen MR) is 133 cm³/mol. The Labute approximate surface area is 201 Å². The van der Waals surface area contributed by atoms with Gasteiger partial charge in [0, 0.05) is 56.6 Å². The van der Waals surface area contributed by atoms with Crippen LogP contribution in [-0.4, -0.2) is 56.4 Å². The number of aromatic nitrogens is 3. The number of aryl methyl sites for hydroxylation is 1. The zero-order valence-electron chi connectivity index (χ0n) is 20.3. The first-order valence-corrected chi connectivity index (χ1v) is 12.2. The van der Waals surface area contributed by atoms with E-state index in [0.29, 0.717) is 19.0 Å². The molecule has 1 saturated heterocycles. The van der Waals surface area contributed by atoms with E-state index in [4.69, 9.17) is 4.98 Å². The summed E-state index contributed by atoms with van der Waals surface area (Å²) >= 11 is 0. The molecule has 0 bridgehead atoms. The van der Waals surface area contributed by atoms with Gasteiger partial charge in [-0.25, -0.2) is 9.97 Å². The minimum absolute atomic E-state index is 0.000105. The number of fused-ring (bicyclic) bond motifs is 1. The number of carbonyl (C=O) groups excluding carboxylic acids is 1. The van der Waals surface area contributed by atoms with Crippen molar-refractivity contribution < 1.29 is 4.79 Å². The summed E-state index contributed by atoms with van der Waals surface area (Å²) in [5.41, 5.74) is 4.54. The number of carbonyl (C=O) groups is 1. The Balaban J connectivity index is 1.33. The molecule has 0 spiro atoms. The van der Waals surface area contributed by atoms with Gasteiger partial charge in [0.15, 0.2) is 0 Å². The van der Waals surface area contributed by atoms with Crippen molar-refractivity contribution in [2.24, 2.45) is 13.0 Å². The molecule has 2 aliphatic heterocycles. The summed E-state index contributed by atoms with van der Waals surface area (Å²) < 4.78 is 2.03. The molecular weight excluding hydrogens is 424 g/mol. The third-order valence-corrected chi connectivity index (χ3v) is 7.31. The van der Waals surface area contributed by atoms with Crippen LogP contribution in [0.5, 0.6) is 0 Å². The highest BCUT2D eigenvalue weighted by molar-refractivity contribution is 5.80. The molecule has 1 N–H and O–H groups in total. The fourth-order valence-corrected chi connectivity index (χ4v) is 5.38. The molecule has 3 aromatic rings. The number of piperidine rings is 1. The SMILES string of the molecule is C[C@@H]1Cc2cnc(NCc3ccn(C)c3)nc2CN1C(=O)[C@H]1CCN(C)C[C@@H]1c1ccccc1. The number of benzene rings is 1. The molecule has 0 radical (unpaired) electrons. The van der Waals surface area contributed by atoms with Gasteiger partial charge in [-0.1, -0.05) is 30.3 Å². The lowest BCUT2D eigenvalue weighted by Crippen LogP contribution is -2.50. The Morgan fingerprint density at radius 1 is 1.18 bits per heavy atom. The maximum atomic E-state index is 13.9. The van der Waals surface area contributed by atoms with Crippen LogP contribution >= 0.6 is 0 Å². The van der Waals surface area contributed by atoms with Crippen LogP contribution in [0.3, 0.4) is 0 Å². The first kappa shape index (κ1) is 22.6. The first-order valence-electron chi connectivity index (χ1n) is 12.2. The highest BCUT2D eigenvalue weighted by atomic mass is 16.2. The predicted octanol–water partition coefficient (Wildman–Crippen LogP) is 3.44. The number of rotatable bonds is 5. The number of hydrogen-bond acceptors (Lipinski definition) is 5. The van der Waals surface area contributed by atoms with E-state index in [1.54, 1.807) is 0 Å². The van der Waals surface area contributed by atoms with Gasteiger partial charge in [0.25, 0.3) is 0 Å². The third-order valence-electron chi connectivity index (χ3n) is 7.31. The van der Waals surface area contributed by atoms with E-state index in [2.05, 4.69) is 70.6 Å². The van der Waals surface area contributed by atoms with E-state index in [1.165, 1.54) is 11.1 Å². The zero-order valence-corrected chi connectivity index (χ0v) is 20.3. The summed E-state index contributed by atoms with van der Waals surface area (Å²) in [6.07, 6.45) is 7.72. The van der Waals surface area contributed by atoms with Crippen molar-refractivity contribution in [2.75, 3.05) is 25.5 Å². The van der Waals surface area contributed by atoms with Crippen LogP contribution < -0.4 is 5.32 Å². The van der Waals surface area contributed by atoms with Gasteiger partial charge in [0.05, 0.1) is 12.2 Å². The lowest BCUT2D eigenvalue weighted by molar-refractivity contribution is -0.141. The van der Waals surface area contributed by atoms with E-state index in [0.717, 1.165) is 37.2 Å². The number of likely N-dealkylation sites (tertiary alicyclic amines) is 1. The molecule has 1 aromatic carbocycles. The van der Waals surface area contributed by atoms with Crippen LogP contribution in [0.2, 0.25) is 0 Å². The summed E-state index contributed by atoms with van der Waals surface area (Å²) in [6.45, 7) is 5.23. The molecular formula is C27H34N6O. The topological polar surface area (TPSA) is 66.3 Å². The van der Waals surface area contributed by atoms with Gasteiger partial charge in [-0.05, 0) is 56.1 Å². The van der Waals surface area contributed by atoms with Crippen LogP contribution in [0.15, 0.2) is 55.0 Å². The molecule has 178 valence electrons. The Hall–Kier alpha value is -3.19. The summed E-state index contributed by atoms with van der Waals surface area (Å²) in [5, 5.41) is 3.33. The first-order chi connectivity index (χ1) is 16.5. The van der Waals surface area contributed by atoms with E-state index < -0.39 is 0 Å². The van der Waals surface area contributed by atoms with Gasteiger partial charge < -0.3 is 19.7 Å². The standard InChI is InChI=1S/C27H34N6O/c1-19-13-22-15-29-27(28-14-20-9-11-31(2)16-20)30-25(22)18-33(19)26(34)23-10-12-32(3)17-24(23)21-7-5-4-6-8-21/h4-9,11,15-16,19,23-24H,10,12-14,17-18H2,1-3H3,(H,28,29,30)/t19-,23+,24-/m1/s1. The average molecular weight is 459 g/mol. The van der Waals surface area contributed by atoms with Crippen LogP contribution in [0.25, 0.3) is 0 Å². The minimum Gasteiger partial charge on any atom is -0.357 e. The second-order valence-electron chi connectivity index (χ2n) is 9.90. The van der Waals surface area contributed by atoms with Gasteiger partial charge in [-0.3, -0.25) is 4.79 Å². The lowest BCUT2D eigenvalue weighted by atomic mass is 9.79. The lowest BCUT2D eigenvalue weighted by Gasteiger charge is -2.42. The largest absolute Gasteiger partial charge is 0.357 e. The Morgan fingerprint density at radius 2 is 2.00 bits per heavy atom. The van der Waals surface area contributed by atoms with Crippen LogP contribution in [0.1, 0.15) is 41.6 Å². The summed E-state index contributed by atoms with van der Waals surface area (Å²) in [7, 11) is 4.16. The van der Waals surface area contributed by atoms with Crippen molar-refractivity contribution in [2.45, 2.75) is 44.8 Å². The van der Waals surface area contributed by atoms with Crippen LogP contribution in [-0.2, 0) is 31.4 Å². The Morgan fingerprint density at radius 3 is 2.76 bits per heavy atom. The van der Waals surface area contributed by atoms with Crippen LogP contribution in [0, 0.1) is 5.92 Å². The molecule has 34 heavy (non-hydrogen) atoms. The maximum Gasteiger partial charge on any atom is 0.227 e. The van der Waals surface area contributed by atoms with Gasteiger partial charge in [-0.2, -0.15) is 0 Å². The highest BCUT2D eigenvalue weighted by Gasteiger charge is 2.39. The minimum atomic E-state index is 0.000105. The van der Waals surface area contributed by atoms with Crippen molar-refractivity contribution in [1.82, 2.24) is 24.3 Å². The van der Waals surface area contributed by atoms with Gasteiger partial charge in [0.2, 0.25) is 11.9 Å². The van der Waals surface area contributed by atoms with E-state index >= 15 is 0 Å². The van der Waals surface area contributed by atoms with Crippen molar-refractivity contribution in [3.63, 3.8) is 0 Å². The van der Waals surface area contributed by atoms with E-state index in [1.807, 2.05) is 30.1 Å². The second kappa shape index (κ2) is 9.58. The Bertz CT molecular complexity index is 1140. The quantitative estimate of drug-likeness (QED) is 0.635. The number of likely N-dealkylation sites (N-methyl/N-ethyl adjacent to an activating group) is 1. The summed E-state index contributed by atoms with van der Waals surface area (Å²) in [5.74, 6) is 1.10. The molecule has 3 atom stereocenters. The molecule has 4 heterocycles. The fourth-order valence-electron chi connectivity index (χ4n) is 5.38.